The molecule has 0 fully saturated rings. The molecule has 1 aromatic carbocycles. The number of hydrogen-bond acceptors (Lipinski definition) is 4. The number of aliphatic carboxylic acids is 1. The summed E-state index contributed by atoms with van der Waals surface area (Å²) in [5.74, 6) is -2.19. The molecule has 0 spiro atoms. The Kier molecular flexibility index (Phi) is 4.07. The normalized spacial score (nSPS) is 12.1. The van der Waals surface area contributed by atoms with Crippen molar-refractivity contribution in [3.05, 3.63) is 52.4 Å². The van der Waals surface area contributed by atoms with Crippen LogP contribution in [0.25, 0.3) is 0 Å². The molecule has 0 aliphatic heterocycles. The Morgan fingerprint density at radius 3 is 2.24 bits per heavy atom. The number of benzene rings is 1. The van der Waals surface area contributed by atoms with Crippen molar-refractivity contribution < 1.29 is 24.3 Å². The maximum Gasteiger partial charge on any atom is 0.335 e. The Morgan fingerprint density at radius 1 is 1.19 bits per heavy atom. The number of carboxylic acids is 2. The van der Waals surface area contributed by atoms with Gasteiger partial charge in [0.15, 0.2) is 0 Å². The van der Waals surface area contributed by atoms with Crippen LogP contribution in [0.4, 0.5) is 0 Å². The van der Waals surface area contributed by atoms with Crippen LogP contribution in [0.3, 0.4) is 0 Å². The molecule has 6 heteroatoms. The van der Waals surface area contributed by atoms with Crippen LogP contribution in [0.15, 0.2) is 28.8 Å². The van der Waals surface area contributed by atoms with Crippen LogP contribution in [0, 0.1) is 13.8 Å². The van der Waals surface area contributed by atoms with Crippen LogP contribution in [-0.2, 0) is 11.2 Å². The standard InChI is InChI=1S/C15H15NO5/c1-8-12(9(2)21-16-8)7-13(15(19)20)10-3-5-11(6-4-10)14(17)18/h3-6,13H,7H2,1-2H3,(H,17,18)(H,19,20). The molecule has 0 saturated carbocycles. The average molecular weight is 289 g/mol. The van der Waals surface area contributed by atoms with Gasteiger partial charge in [0, 0.05) is 5.56 Å². The van der Waals surface area contributed by atoms with Gasteiger partial charge in [-0.25, -0.2) is 4.79 Å². The average Bonchev–Trinajstić information content (AvgIpc) is 2.75. The summed E-state index contributed by atoms with van der Waals surface area (Å²) in [6, 6.07) is 5.86. The zero-order valence-corrected chi connectivity index (χ0v) is 11.7. The summed E-state index contributed by atoms with van der Waals surface area (Å²) in [4.78, 5) is 22.3. The number of rotatable bonds is 5. The molecule has 1 atom stereocenters. The van der Waals surface area contributed by atoms with Crippen molar-refractivity contribution in [1.82, 2.24) is 5.16 Å². The predicted octanol–water partition coefficient (Wildman–Crippen LogP) is 2.40. The smallest absolute Gasteiger partial charge is 0.335 e. The van der Waals surface area contributed by atoms with Gasteiger partial charge in [-0.3, -0.25) is 4.79 Å². The van der Waals surface area contributed by atoms with Gasteiger partial charge >= 0.3 is 11.9 Å². The molecule has 2 rings (SSSR count). The van der Waals surface area contributed by atoms with Gasteiger partial charge in [-0.05, 0) is 38.0 Å². The number of aromatic nitrogens is 1. The van der Waals surface area contributed by atoms with Gasteiger partial charge in [0.1, 0.15) is 5.76 Å². The fourth-order valence-corrected chi connectivity index (χ4v) is 2.20. The lowest BCUT2D eigenvalue weighted by Crippen LogP contribution is -2.15. The van der Waals surface area contributed by atoms with Gasteiger partial charge in [-0.15, -0.1) is 0 Å². The zero-order valence-electron chi connectivity index (χ0n) is 11.7. The third kappa shape index (κ3) is 3.10. The number of hydrogen-bond donors (Lipinski definition) is 2. The summed E-state index contributed by atoms with van der Waals surface area (Å²) in [5.41, 5.74) is 2.11. The maximum absolute atomic E-state index is 11.5. The molecule has 2 N–H and O–H groups in total. The fourth-order valence-electron chi connectivity index (χ4n) is 2.20. The first kappa shape index (κ1) is 14.8. The van der Waals surface area contributed by atoms with E-state index in [4.69, 9.17) is 9.63 Å². The molecule has 0 amide bonds. The second kappa shape index (κ2) is 5.78. The molecule has 1 aromatic heterocycles. The van der Waals surface area contributed by atoms with Crippen LogP contribution in [0.1, 0.15) is 38.9 Å². The van der Waals surface area contributed by atoms with E-state index in [0.717, 1.165) is 5.56 Å². The molecule has 21 heavy (non-hydrogen) atoms. The monoisotopic (exact) mass is 289 g/mol. The Hall–Kier alpha value is -2.63. The van der Waals surface area contributed by atoms with Crippen molar-refractivity contribution in [3.8, 4) is 0 Å². The van der Waals surface area contributed by atoms with E-state index >= 15 is 0 Å². The van der Waals surface area contributed by atoms with Gasteiger partial charge < -0.3 is 14.7 Å². The van der Waals surface area contributed by atoms with E-state index in [-0.39, 0.29) is 12.0 Å². The zero-order chi connectivity index (χ0) is 15.6. The lowest BCUT2D eigenvalue weighted by Gasteiger charge is -2.12. The first-order chi connectivity index (χ1) is 9.90. The van der Waals surface area contributed by atoms with E-state index in [1.165, 1.54) is 24.3 Å². The second-order valence-corrected chi connectivity index (χ2v) is 4.82. The lowest BCUT2D eigenvalue weighted by molar-refractivity contribution is -0.138. The molecule has 2 aromatic rings. The van der Waals surface area contributed by atoms with Gasteiger partial charge in [0.2, 0.25) is 0 Å². The van der Waals surface area contributed by atoms with E-state index in [9.17, 15) is 14.7 Å². The SMILES string of the molecule is Cc1noc(C)c1CC(C(=O)O)c1ccc(C(=O)O)cc1. The third-order valence-electron chi connectivity index (χ3n) is 3.45. The minimum Gasteiger partial charge on any atom is -0.481 e. The number of nitrogens with zero attached hydrogens (tertiary/aromatic N) is 1. The Morgan fingerprint density at radius 2 is 1.81 bits per heavy atom. The molecule has 0 bridgehead atoms. The minimum atomic E-state index is -1.04. The molecule has 0 aliphatic rings. The second-order valence-electron chi connectivity index (χ2n) is 4.82. The Balaban J connectivity index is 2.31. The molecular weight excluding hydrogens is 274 g/mol. The van der Waals surface area contributed by atoms with E-state index in [0.29, 0.717) is 17.0 Å². The molecule has 110 valence electrons. The van der Waals surface area contributed by atoms with Crippen molar-refractivity contribution >= 4 is 11.9 Å². The summed E-state index contributed by atoms with van der Waals surface area (Å²) >= 11 is 0. The third-order valence-corrected chi connectivity index (χ3v) is 3.45. The topological polar surface area (TPSA) is 101 Å². The van der Waals surface area contributed by atoms with Gasteiger partial charge in [-0.2, -0.15) is 0 Å². The predicted molar refractivity (Wildman–Crippen MR) is 73.5 cm³/mol. The molecular formula is C15H15NO5. The molecule has 1 unspecified atom stereocenters. The maximum atomic E-state index is 11.5. The highest BCUT2D eigenvalue weighted by Crippen LogP contribution is 2.25. The van der Waals surface area contributed by atoms with Crippen LogP contribution < -0.4 is 0 Å². The molecule has 0 aliphatic carbocycles. The van der Waals surface area contributed by atoms with Crippen molar-refractivity contribution in [2.24, 2.45) is 0 Å². The van der Waals surface area contributed by atoms with Crippen LogP contribution in [0.5, 0.6) is 0 Å². The number of aryl methyl sites for hydroxylation is 2. The number of carboxylic acid groups (broad SMARTS) is 2. The summed E-state index contributed by atoms with van der Waals surface area (Å²) in [5, 5.41) is 22.1. The fraction of sp³-hybridized carbons (Fsp3) is 0.267. The first-order valence-electron chi connectivity index (χ1n) is 6.38. The van der Waals surface area contributed by atoms with Crippen molar-refractivity contribution in [1.29, 1.82) is 0 Å². The lowest BCUT2D eigenvalue weighted by atomic mass is 9.91. The Labute approximate surface area is 121 Å². The van der Waals surface area contributed by atoms with Crippen molar-refractivity contribution in [2.75, 3.05) is 0 Å². The van der Waals surface area contributed by atoms with Crippen LogP contribution in [0.2, 0.25) is 0 Å². The quantitative estimate of drug-likeness (QED) is 0.876. The van der Waals surface area contributed by atoms with Crippen LogP contribution in [-0.4, -0.2) is 27.3 Å². The van der Waals surface area contributed by atoms with Crippen molar-refractivity contribution in [2.45, 2.75) is 26.2 Å². The molecule has 1 heterocycles. The highest BCUT2D eigenvalue weighted by atomic mass is 16.5. The Bertz CT molecular complexity index is 652. The van der Waals surface area contributed by atoms with Gasteiger partial charge in [0.05, 0.1) is 17.2 Å². The van der Waals surface area contributed by atoms with Gasteiger partial charge in [0.25, 0.3) is 0 Å². The molecule has 6 nitrogen and oxygen atoms in total. The highest BCUT2D eigenvalue weighted by Gasteiger charge is 2.24. The van der Waals surface area contributed by atoms with E-state index in [2.05, 4.69) is 5.16 Å². The van der Waals surface area contributed by atoms with Gasteiger partial charge in [-0.1, -0.05) is 17.3 Å². The van der Waals surface area contributed by atoms with E-state index in [1.54, 1.807) is 13.8 Å². The van der Waals surface area contributed by atoms with E-state index < -0.39 is 17.9 Å². The van der Waals surface area contributed by atoms with E-state index in [1.807, 2.05) is 0 Å². The highest BCUT2D eigenvalue weighted by molar-refractivity contribution is 5.87. The summed E-state index contributed by atoms with van der Waals surface area (Å²) in [6.07, 6.45) is 0.253. The van der Waals surface area contributed by atoms with Crippen molar-refractivity contribution in [3.63, 3.8) is 0 Å². The summed E-state index contributed by atoms with van der Waals surface area (Å²) < 4.78 is 5.04. The molecule has 0 radical (unpaired) electrons. The minimum absolute atomic E-state index is 0.125. The summed E-state index contributed by atoms with van der Waals surface area (Å²) in [7, 11) is 0. The number of carbonyl (C=O) groups is 2. The van der Waals surface area contributed by atoms with Crippen LogP contribution >= 0.6 is 0 Å². The molecule has 0 saturated heterocycles. The number of aromatic carboxylic acids is 1. The summed E-state index contributed by atoms with van der Waals surface area (Å²) in [6.45, 7) is 3.50. The first-order valence-corrected chi connectivity index (χ1v) is 6.38. The largest absolute Gasteiger partial charge is 0.481 e.